The van der Waals surface area contributed by atoms with Crippen molar-refractivity contribution in [2.75, 3.05) is 20.7 Å². The molecule has 1 spiro atoms. The lowest BCUT2D eigenvalue weighted by Gasteiger charge is -2.61. The maximum atomic E-state index is 13.0. The summed E-state index contributed by atoms with van der Waals surface area (Å²) in [7, 11) is 3.40. The van der Waals surface area contributed by atoms with Gasteiger partial charge in [-0.15, -0.1) is 0 Å². The third-order valence-electron chi connectivity index (χ3n) is 9.08. The summed E-state index contributed by atoms with van der Waals surface area (Å²) in [5, 5.41) is 50.9. The normalized spacial score (nSPS) is 28.6. The highest BCUT2D eigenvalue weighted by Gasteiger charge is 2.72. The second-order valence-corrected chi connectivity index (χ2v) is 11.5. The van der Waals surface area contributed by atoms with Gasteiger partial charge in [0.05, 0.1) is 24.5 Å². The van der Waals surface area contributed by atoms with Gasteiger partial charge in [0.1, 0.15) is 5.76 Å². The highest BCUT2D eigenvalue weighted by Crippen LogP contribution is 2.65. The van der Waals surface area contributed by atoms with Crippen molar-refractivity contribution in [1.82, 2.24) is 4.90 Å². The van der Waals surface area contributed by atoms with Gasteiger partial charge in [0.25, 0.3) is 0 Å². The average molecular weight is 636 g/mol. The van der Waals surface area contributed by atoms with E-state index in [1.54, 1.807) is 6.07 Å². The summed E-state index contributed by atoms with van der Waals surface area (Å²) < 4.78 is 26.6. The minimum absolute atomic E-state index is 0.0474. The highest BCUT2D eigenvalue weighted by atomic mass is 16.6. The standard InChI is InChI=1S/C29H33NO15/c1-12(25(37)44-16(24(35)36)11-18(31)32)42-26(38)20(33)21(34)27(39)43-15-6-7-29(40)17-10-13-4-5-14(41-3)22-19(13)28(29,23(15)45-22)8-9-30(17)2/h4-6,12,16-17,20-21,23,33-34,40H,7-11H2,1-3H3,(H,31,32)(H,35,36)/t12-,16+,17-,20+,21+,23+,28+,29-/m0/s1. The van der Waals surface area contributed by atoms with E-state index in [4.69, 9.17) is 29.2 Å². The minimum Gasteiger partial charge on any atom is -0.493 e. The molecule has 0 aromatic heterocycles. The molecule has 2 bridgehead atoms. The lowest BCUT2D eigenvalue weighted by molar-refractivity contribution is -0.186. The van der Waals surface area contributed by atoms with Crippen molar-refractivity contribution in [3.63, 3.8) is 0 Å². The first-order valence-corrected chi connectivity index (χ1v) is 14.1. The number of ether oxygens (including phenoxy) is 5. The summed E-state index contributed by atoms with van der Waals surface area (Å²) in [6.45, 7) is 1.54. The zero-order valence-corrected chi connectivity index (χ0v) is 24.5. The molecule has 8 atom stereocenters. The second kappa shape index (κ2) is 11.6. The van der Waals surface area contributed by atoms with Crippen LogP contribution in [0.5, 0.6) is 11.5 Å². The average Bonchev–Trinajstić information content (AvgIpc) is 3.34. The molecule has 1 saturated heterocycles. The summed E-state index contributed by atoms with van der Waals surface area (Å²) in [5.41, 5.74) is -0.620. The molecule has 5 N–H and O–H groups in total. The number of nitrogens with zero attached hydrogens (tertiary/aromatic N) is 1. The lowest BCUT2D eigenvalue weighted by atomic mass is 9.50. The van der Waals surface area contributed by atoms with Gasteiger partial charge >= 0.3 is 29.8 Å². The van der Waals surface area contributed by atoms with Crippen LogP contribution in [0.3, 0.4) is 0 Å². The number of aliphatic hydroxyl groups is 3. The number of aliphatic hydroxyl groups excluding tert-OH is 2. The smallest absolute Gasteiger partial charge is 0.348 e. The van der Waals surface area contributed by atoms with Crippen LogP contribution < -0.4 is 9.47 Å². The van der Waals surface area contributed by atoms with Gasteiger partial charge in [-0.1, -0.05) is 6.07 Å². The van der Waals surface area contributed by atoms with Crippen LogP contribution in [0.2, 0.25) is 0 Å². The van der Waals surface area contributed by atoms with E-state index in [0.717, 1.165) is 18.1 Å². The van der Waals surface area contributed by atoms with Gasteiger partial charge in [0.15, 0.2) is 35.9 Å². The van der Waals surface area contributed by atoms with Crippen LogP contribution in [0.1, 0.15) is 37.3 Å². The van der Waals surface area contributed by atoms with Crippen molar-refractivity contribution in [2.24, 2.45) is 0 Å². The van der Waals surface area contributed by atoms with E-state index in [1.807, 2.05) is 13.1 Å². The van der Waals surface area contributed by atoms with Crippen LogP contribution in [0.15, 0.2) is 24.0 Å². The number of rotatable bonds is 11. The van der Waals surface area contributed by atoms with E-state index in [-0.39, 0.29) is 18.2 Å². The number of hydrogen-bond donors (Lipinski definition) is 5. The van der Waals surface area contributed by atoms with E-state index >= 15 is 0 Å². The molecule has 5 rings (SSSR count). The third-order valence-corrected chi connectivity index (χ3v) is 9.08. The molecule has 1 fully saturated rings. The fraction of sp³-hybridized carbons (Fsp3) is 0.552. The zero-order valence-electron chi connectivity index (χ0n) is 24.5. The number of aliphatic carboxylic acids is 2. The van der Waals surface area contributed by atoms with Crippen molar-refractivity contribution in [3.05, 3.63) is 35.1 Å². The molecule has 2 aliphatic carbocycles. The molecule has 2 heterocycles. The Kier molecular flexibility index (Phi) is 8.28. The first kappa shape index (κ1) is 32.2. The van der Waals surface area contributed by atoms with Crippen LogP contribution in [0.4, 0.5) is 0 Å². The molecular weight excluding hydrogens is 602 g/mol. The number of likely N-dealkylation sites (N-methyl/N-ethyl adjacent to an activating group) is 1. The predicted octanol–water partition coefficient (Wildman–Crippen LogP) is -1.36. The van der Waals surface area contributed by atoms with Crippen LogP contribution in [-0.4, -0.2) is 123 Å². The topological polar surface area (TPSA) is 236 Å². The Balaban J connectivity index is 1.31. The second-order valence-electron chi connectivity index (χ2n) is 11.5. The Bertz CT molecular complexity index is 1470. The fourth-order valence-corrected chi connectivity index (χ4v) is 6.89. The Labute approximate surface area is 255 Å². The van der Waals surface area contributed by atoms with Crippen molar-refractivity contribution in [2.45, 2.75) is 80.2 Å². The summed E-state index contributed by atoms with van der Waals surface area (Å²) in [6.07, 6.45) is -8.51. The van der Waals surface area contributed by atoms with Gasteiger partial charge in [-0.05, 0) is 51.1 Å². The van der Waals surface area contributed by atoms with Crippen molar-refractivity contribution >= 4 is 29.8 Å². The molecule has 0 saturated carbocycles. The zero-order chi connectivity index (χ0) is 33.0. The van der Waals surface area contributed by atoms with Gasteiger partial charge < -0.3 is 54.1 Å². The molecule has 1 aromatic rings. The van der Waals surface area contributed by atoms with E-state index in [0.29, 0.717) is 30.9 Å². The van der Waals surface area contributed by atoms with Crippen molar-refractivity contribution in [1.29, 1.82) is 0 Å². The highest BCUT2D eigenvalue weighted by molar-refractivity contribution is 5.88. The van der Waals surface area contributed by atoms with Crippen LogP contribution >= 0.6 is 0 Å². The molecule has 0 unspecified atom stereocenters. The van der Waals surface area contributed by atoms with E-state index in [9.17, 15) is 39.3 Å². The van der Waals surface area contributed by atoms with E-state index < -0.39 is 77.8 Å². The molecule has 4 aliphatic rings. The third kappa shape index (κ3) is 5.07. The predicted molar refractivity (Wildman–Crippen MR) is 145 cm³/mol. The number of carbonyl (C=O) groups is 5. The number of benzene rings is 1. The van der Waals surface area contributed by atoms with Crippen LogP contribution in [0.25, 0.3) is 0 Å². The number of likely N-dealkylation sites (tertiary alicyclic amines) is 1. The fourth-order valence-electron chi connectivity index (χ4n) is 6.89. The number of carbonyl (C=O) groups excluding carboxylic acids is 3. The van der Waals surface area contributed by atoms with Gasteiger partial charge in [-0.25, -0.2) is 19.2 Å². The molecule has 1 aromatic carbocycles. The molecule has 45 heavy (non-hydrogen) atoms. The molecular formula is C29H33NO15. The molecule has 0 radical (unpaired) electrons. The Hall–Kier alpha value is -4.25. The summed E-state index contributed by atoms with van der Waals surface area (Å²) >= 11 is 0. The number of carboxylic acid groups (broad SMARTS) is 2. The Morgan fingerprint density at radius 2 is 1.76 bits per heavy atom. The quantitative estimate of drug-likeness (QED) is 0.139. The number of piperidine rings is 1. The monoisotopic (exact) mass is 635 g/mol. The molecule has 16 nitrogen and oxygen atoms in total. The number of esters is 3. The van der Waals surface area contributed by atoms with Crippen molar-refractivity contribution < 1.29 is 73.2 Å². The maximum Gasteiger partial charge on any atom is 0.348 e. The molecule has 2 aliphatic heterocycles. The summed E-state index contributed by atoms with van der Waals surface area (Å²) in [4.78, 5) is 61.6. The minimum atomic E-state index is -2.54. The van der Waals surface area contributed by atoms with Crippen molar-refractivity contribution in [3.8, 4) is 11.5 Å². The van der Waals surface area contributed by atoms with Gasteiger partial charge in [-0.3, -0.25) is 4.79 Å². The summed E-state index contributed by atoms with van der Waals surface area (Å²) in [6, 6.07) is 3.40. The molecule has 16 heteroatoms. The Morgan fingerprint density at radius 3 is 2.40 bits per heavy atom. The first-order valence-electron chi connectivity index (χ1n) is 14.1. The van der Waals surface area contributed by atoms with Crippen LogP contribution in [-0.2, 0) is 50.0 Å². The first-order chi connectivity index (χ1) is 21.2. The van der Waals surface area contributed by atoms with E-state index in [1.165, 1.54) is 13.2 Å². The maximum absolute atomic E-state index is 13.0. The molecule has 244 valence electrons. The SMILES string of the molecule is COc1ccc2c3c1O[C@@H]1C(OC(=O)[C@H](O)[C@@H](O)C(=O)O[C@@H](C)C(=O)O[C@H](CC(=O)O)C(=O)O)=CC[C@]4(O)[C@H](C2)N(C)CC[C@@]314. The number of carboxylic acids is 2. The molecule has 0 amide bonds. The van der Waals surface area contributed by atoms with Gasteiger partial charge in [-0.2, -0.15) is 0 Å². The van der Waals surface area contributed by atoms with Gasteiger partial charge in [0, 0.05) is 18.0 Å². The Morgan fingerprint density at radius 1 is 1.07 bits per heavy atom. The van der Waals surface area contributed by atoms with E-state index in [2.05, 4.69) is 9.64 Å². The lowest BCUT2D eigenvalue weighted by Crippen LogP contribution is -2.74. The number of hydrogen-bond acceptors (Lipinski definition) is 14. The van der Waals surface area contributed by atoms with Gasteiger partial charge in [0.2, 0.25) is 6.10 Å². The summed E-state index contributed by atoms with van der Waals surface area (Å²) in [5.74, 6) is -7.10. The largest absolute Gasteiger partial charge is 0.493 e. The van der Waals surface area contributed by atoms with Crippen LogP contribution in [0, 0.1) is 0 Å². The number of methoxy groups -OCH3 is 1.